The van der Waals surface area contributed by atoms with E-state index >= 15 is 0 Å². The van der Waals surface area contributed by atoms with Crippen LogP contribution in [0.25, 0.3) is 10.8 Å². The van der Waals surface area contributed by atoms with Gasteiger partial charge in [-0.2, -0.15) is 27.8 Å². The summed E-state index contributed by atoms with van der Waals surface area (Å²) >= 11 is 1.21. The van der Waals surface area contributed by atoms with Crippen molar-refractivity contribution in [2.75, 3.05) is 16.4 Å². The Bertz CT molecular complexity index is 2030. The molecule has 46 heavy (non-hydrogen) atoms. The second-order valence-corrected chi connectivity index (χ2v) is 11.5. The monoisotopic (exact) mass is 690 g/mol. The summed E-state index contributed by atoms with van der Waals surface area (Å²) in [6.07, 6.45) is -1.17. The summed E-state index contributed by atoms with van der Waals surface area (Å²) in [6, 6.07) is 18.6. The van der Waals surface area contributed by atoms with Gasteiger partial charge in [0.1, 0.15) is 16.3 Å². The third-order valence-electron chi connectivity index (χ3n) is 5.83. The summed E-state index contributed by atoms with van der Waals surface area (Å²) in [7, 11) is -4.80. The van der Waals surface area contributed by atoms with Crippen molar-refractivity contribution in [3.63, 3.8) is 0 Å². The third kappa shape index (κ3) is 7.99. The summed E-state index contributed by atoms with van der Waals surface area (Å²) in [4.78, 5) is 11.4. The van der Waals surface area contributed by atoms with E-state index in [4.69, 9.17) is 16.2 Å². The molecular weight excluding hydrogens is 672 g/mol. The lowest BCUT2D eigenvalue weighted by Crippen LogP contribution is -2.07. The Kier molecular flexibility index (Phi) is 10.5. The van der Waals surface area contributed by atoms with Crippen LogP contribution in [0.2, 0.25) is 0 Å². The third-order valence-corrected chi connectivity index (χ3v) is 8.01. The highest BCUT2D eigenvalue weighted by atomic mass is 32.2. The largest absolute Gasteiger partial charge is 0.396 e. The van der Waals surface area contributed by atoms with Crippen LogP contribution >= 0.6 is 24.1 Å². The van der Waals surface area contributed by atoms with E-state index in [1.807, 2.05) is 0 Å². The van der Waals surface area contributed by atoms with Gasteiger partial charge in [0.15, 0.2) is 0 Å². The average Bonchev–Trinajstić information content (AvgIpc) is 3.02. The smallest absolute Gasteiger partial charge is 0.315 e. The normalized spacial score (nSPS) is 11.7. The summed E-state index contributed by atoms with van der Waals surface area (Å²) in [6.45, 7) is 0. The molecule has 5 aromatic rings. The quantitative estimate of drug-likeness (QED) is 0.0187. The van der Waals surface area contributed by atoms with Crippen LogP contribution in [0.15, 0.2) is 97.7 Å². The van der Waals surface area contributed by atoms with Gasteiger partial charge in [-0.25, -0.2) is 10.5 Å². The zero-order chi connectivity index (χ0) is 32.7. The topological polar surface area (TPSA) is 245 Å². The number of hydrogen-bond acceptors (Lipinski definition) is 18. The summed E-state index contributed by atoms with van der Waals surface area (Å²) in [5.41, 5.74) is 6.64. The minimum atomic E-state index is -4.80. The van der Waals surface area contributed by atoms with E-state index in [0.717, 1.165) is 6.07 Å². The van der Waals surface area contributed by atoms with Crippen molar-refractivity contribution < 1.29 is 46.6 Å². The molecule has 5 rings (SSSR count). The maximum Gasteiger partial charge on any atom is 0.315 e. The van der Waals surface area contributed by atoms with Gasteiger partial charge in [-0.3, -0.25) is 4.55 Å². The molecule has 0 fully saturated rings. The highest BCUT2D eigenvalue weighted by Gasteiger charge is 2.19. The van der Waals surface area contributed by atoms with Crippen LogP contribution in [0, 0.1) is 6.08 Å². The second kappa shape index (κ2) is 14.7. The lowest BCUT2D eigenvalue weighted by atomic mass is 10.1. The lowest BCUT2D eigenvalue weighted by Gasteiger charge is -2.11. The van der Waals surface area contributed by atoms with Crippen molar-refractivity contribution in [1.29, 1.82) is 0 Å². The summed E-state index contributed by atoms with van der Waals surface area (Å²) in [5, 5.41) is 39.3. The van der Waals surface area contributed by atoms with E-state index in [1.54, 1.807) is 54.6 Å². The number of benzene rings is 4. The molecule has 0 aliphatic rings. The molecule has 0 bridgehead atoms. The lowest BCUT2D eigenvalue weighted by molar-refractivity contribution is -0.432. The maximum absolute atomic E-state index is 14.4. The van der Waals surface area contributed by atoms with E-state index in [9.17, 15) is 17.4 Å². The minimum absolute atomic E-state index is 0.0325. The van der Waals surface area contributed by atoms with Gasteiger partial charge < -0.3 is 16.4 Å². The molecule has 4 aromatic carbocycles. The molecular formula is C25H19FN8O9S3. The van der Waals surface area contributed by atoms with Crippen LogP contribution in [0.1, 0.15) is 0 Å². The molecule has 238 valence electrons. The van der Waals surface area contributed by atoms with Gasteiger partial charge in [0.25, 0.3) is 10.1 Å². The second-order valence-electron chi connectivity index (χ2n) is 8.67. The van der Waals surface area contributed by atoms with Gasteiger partial charge in [-0.05, 0) is 41.8 Å². The van der Waals surface area contributed by atoms with Crippen LogP contribution in [0.5, 0.6) is 0 Å². The number of nitrogens with two attached hydrogens (primary N) is 1. The zero-order valence-electron chi connectivity index (χ0n) is 22.6. The Morgan fingerprint density at radius 2 is 1.50 bits per heavy atom. The molecule has 0 atom stereocenters. The van der Waals surface area contributed by atoms with E-state index in [0.29, 0.717) is 45.4 Å². The van der Waals surface area contributed by atoms with Crippen molar-refractivity contribution in [3.05, 3.63) is 78.9 Å². The number of nitrogens with one attached hydrogen (secondary N) is 2. The van der Waals surface area contributed by atoms with Crippen LogP contribution in [-0.4, -0.2) is 38.4 Å². The highest BCUT2D eigenvalue weighted by molar-refractivity contribution is 7.95. The first kappa shape index (κ1) is 32.8. The van der Waals surface area contributed by atoms with E-state index < -0.39 is 21.1 Å². The zero-order valence-corrected chi connectivity index (χ0v) is 25.1. The fourth-order valence-electron chi connectivity index (χ4n) is 3.96. The van der Waals surface area contributed by atoms with E-state index in [-0.39, 0.29) is 39.5 Å². The van der Waals surface area contributed by atoms with Crippen molar-refractivity contribution >= 4 is 85.3 Å². The molecule has 0 radical (unpaired) electrons. The molecule has 0 saturated carbocycles. The fourth-order valence-corrected chi connectivity index (χ4v) is 5.52. The van der Waals surface area contributed by atoms with Gasteiger partial charge in [0, 0.05) is 11.1 Å². The SMILES string of the molecule is Nc1c(N=Nc2cc(Nc3nc(F)nc(Nc4ccccc4SOOO)n3)ccc2S(=O)(=O)O)c(SOOO)cc2ccccc12. The molecule has 0 aliphatic carbocycles. The molecule has 17 nitrogen and oxygen atoms in total. The van der Waals surface area contributed by atoms with Gasteiger partial charge in [0.05, 0.1) is 45.3 Å². The van der Waals surface area contributed by atoms with Crippen LogP contribution < -0.4 is 16.4 Å². The summed E-state index contributed by atoms with van der Waals surface area (Å²) in [5.74, 6) is -0.524. The Morgan fingerprint density at radius 1 is 0.826 bits per heavy atom. The van der Waals surface area contributed by atoms with E-state index in [2.05, 4.69) is 54.6 Å². The highest BCUT2D eigenvalue weighted by Crippen LogP contribution is 2.42. The number of azo groups is 1. The number of para-hydroxylation sites is 1. The molecule has 1 aromatic heterocycles. The minimum Gasteiger partial charge on any atom is -0.396 e. The Morgan fingerprint density at radius 3 is 2.24 bits per heavy atom. The first-order valence-electron chi connectivity index (χ1n) is 12.3. The number of rotatable bonds is 13. The Hall–Kier alpha value is -4.55. The predicted octanol–water partition coefficient (Wildman–Crippen LogP) is 6.75. The molecule has 0 amide bonds. The number of nitrogens with zero attached hydrogens (tertiary/aromatic N) is 5. The predicted molar refractivity (Wildman–Crippen MR) is 163 cm³/mol. The molecule has 0 aliphatic heterocycles. The van der Waals surface area contributed by atoms with Crippen molar-refractivity contribution in [1.82, 2.24) is 15.0 Å². The van der Waals surface area contributed by atoms with Gasteiger partial charge >= 0.3 is 6.08 Å². The molecule has 0 spiro atoms. The van der Waals surface area contributed by atoms with Crippen LogP contribution in [-0.2, 0) is 28.9 Å². The van der Waals surface area contributed by atoms with Crippen molar-refractivity contribution in [3.8, 4) is 0 Å². The Labute approximate surface area is 266 Å². The number of fused-ring (bicyclic) bond motifs is 1. The fraction of sp³-hybridized carbons (Fsp3) is 0. The number of aromatic nitrogens is 3. The van der Waals surface area contributed by atoms with Crippen molar-refractivity contribution in [2.45, 2.75) is 14.7 Å². The molecule has 21 heteroatoms. The van der Waals surface area contributed by atoms with Crippen LogP contribution in [0.3, 0.4) is 0 Å². The maximum atomic E-state index is 14.4. The molecule has 7 N–H and O–H groups in total. The van der Waals surface area contributed by atoms with Gasteiger partial charge in [0.2, 0.25) is 11.9 Å². The average molecular weight is 691 g/mol. The van der Waals surface area contributed by atoms with Crippen LogP contribution in [0.4, 0.5) is 44.7 Å². The number of nitrogen functional groups attached to an aromatic ring is 1. The first-order valence-corrected chi connectivity index (χ1v) is 15.3. The summed E-state index contributed by atoms with van der Waals surface area (Å²) < 4.78 is 57.6. The molecule has 0 unspecified atom stereocenters. The number of anilines is 5. The standard InChI is InChI=1S/C25H19FN8O9S3/c26-23-30-24(32-25(31-23)29-16-7-3-4-8-18(16)44-42-40-35)28-14-9-10-20(46(37,38)39)17(12-14)33-34-22-19(45-43-41-36)11-13-5-1-2-6-15(13)21(22)27/h1-12,35-36H,27H2,(H,37,38,39)(H2,28,29,30,31,32). The van der Waals surface area contributed by atoms with Gasteiger partial charge in [-0.1, -0.05) is 46.5 Å². The van der Waals surface area contributed by atoms with Crippen molar-refractivity contribution in [2.24, 2.45) is 10.2 Å². The Balaban J connectivity index is 1.49. The number of halogens is 1. The van der Waals surface area contributed by atoms with E-state index in [1.165, 1.54) is 12.1 Å². The van der Waals surface area contributed by atoms with Gasteiger partial charge in [-0.15, -0.1) is 18.9 Å². The number of hydrogen-bond donors (Lipinski definition) is 6. The molecule has 1 heterocycles. The first-order chi connectivity index (χ1) is 22.2. The molecule has 0 saturated heterocycles.